The van der Waals surface area contributed by atoms with E-state index in [1.807, 2.05) is 13.8 Å². The van der Waals surface area contributed by atoms with E-state index in [1.165, 1.54) is 0 Å². The molecule has 0 aliphatic rings. The topological polar surface area (TPSA) is 64.1 Å². The van der Waals surface area contributed by atoms with Gasteiger partial charge in [0.25, 0.3) is 5.56 Å². The van der Waals surface area contributed by atoms with Gasteiger partial charge in [0.2, 0.25) is 0 Å². The van der Waals surface area contributed by atoms with Crippen LogP contribution in [0.15, 0.2) is 33.9 Å². The maximum Gasteiger partial charge on any atom is 0.334 e. The first-order valence-corrected chi connectivity index (χ1v) is 7.10. The maximum absolute atomic E-state index is 12.2. The molecule has 0 spiro atoms. The number of nitrogens with one attached hydrogen (secondary N) is 1. The number of ether oxygens (including phenoxy) is 1. The molecule has 112 valence electrons. The summed E-state index contributed by atoms with van der Waals surface area (Å²) in [5.41, 5.74) is -0.271. The average Bonchev–Trinajstić information content (AvgIpc) is 2.45. The second kappa shape index (κ2) is 6.18. The number of aromatic nitrogens is 2. The third-order valence-electron chi connectivity index (χ3n) is 3.26. The molecule has 6 heteroatoms. The van der Waals surface area contributed by atoms with Gasteiger partial charge in [-0.15, -0.1) is 0 Å². The van der Waals surface area contributed by atoms with E-state index in [-0.39, 0.29) is 11.3 Å². The smallest absolute Gasteiger partial charge is 0.334 e. The summed E-state index contributed by atoms with van der Waals surface area (Å²) in [6.07, 6.45) is 0.923. The van der Waals surface area contributed by atoms with Crippen LogP contribution in [0.2, 0.25) is 5.15 Å². The quantitative estimate of drug-likeness (QED) is 0.883. The van der Waals surface area contributed by atoms with Crippen molar-refractivity contribution >= 4 is 11.6 Å². The summed E-state index contributed by atoms with van der Waals surface area (Å²) >= 11 is 5.80. The lowest BCUT2D eigenvalue weighted by Crippen LogP contribution is -2.35. The molecule has 0 saturated heterocycles. The number of H-pyrrole nitrogens is 1. The second-order valence-electron chi connectivity index (χ2n) is 4.84. The van der Waals surface area contributed by atoms with Crippen molar-refractivity contribution in [1.82, 2.24) is 9.55 Å². The van der Waals surface area contributed by atoms with E-state index in [2.05, 4.69) is 4.98 Å². The van der Waals surface area contributed by atoms with Gasteiger partial charge >= 0.3 is 5.69 Å². The van der Waals surface area contributed by atoms with Crippen molar-refractivity contribution < 1.29 is 4.74 Å². The van der Waals surface area contributed by atoms with Crippen molar-refractivity contribution in [2.75, 3.05) is 0 Å². The number of hydrogen-bond acceptors (Lipinski definition) is 3. The summed E-state index contributed by atoms with van der Waals surface area (Å²) in [5.74, 6) is 0.612. The normalized spacial score (nSPS) is 12.2. The number of hydrogen-bond donors (Lipinski definition) is 1. The monoisotopic (exact) mass is 308 g/mol. The highest BCUT2D eigenvalue weighted by Crippen LogP contribution is 2.17. The van der Waals surface area contributed by atoms with Crippen LogP contribution in [0.4, 0.5) is 0 Å². The molecule has 0 radical (unpaired) electrons. The summed E-state index contributed by atoms with van der Waals surface area (Å²) in [4.78, 5) is 26.7. The van der Waals surface area contributed by atoms with Crippen LogP contribution >= 0.6 is 11.6 Å². The van der Waals surface area contributed by atoms with Gasteiger partial charge in [-0.1, -0.05) is 24.6 Å². The van der Waals surface area contributed by atoms with E-state index in [0.717, 1.165) is 11.0 Å². The van der Waals surface area contributed by atoms with Crippen LogP contribution in [0, 0.1) is 6.92 Å². The zero-order valence-electron chi connectivity index (χ0n) is 12.1. The highest BCUT2D eigenvalue weighted by molar-refractivity contribution is 6.30. The van der Waals surface area contributed by atoms with Gasteiger partial charge < -0.3 is 4.74 Å². The zero-order chi connectivity index (χ0) is 15.6. The molecule has 0 saturated carbocycles. The fourth-order valence-electron chi connectivity index (χ4n) is 1.84. The predicted octanol–water partition coefficient (Wildman–Crippen LogP) is 2.66. The molecule has 0 aliphatic carbocycles. The fraction of sp³-hybridized carbons (Fsp3) is 0.333. The Morgan fingerprint density at radius 2 is 2.10 bits per heavy atom. The Bertz CT molecular complexity index is 764. The Balaban J connectivity index is 2.54. The summed E-state index contributed by atoms with van der Waals surface area (Å²) in [5, 5.41) is 0.0632. The number of nitrogens with zero attached hydrogens (tertiary/aromatic N) is 1. The van der Waals surface area contributed by atoms with Crippen LogP contribution in [0.5, 0.6) is 5.75 Å². The third kappa shape index (κ3) is 3.19. The standard InChI is InChI=1S/C15H17ClN2O3/c1-4-9(2)21-12-7-5-6-11(8-12)18-14(19)10(3)13(16)17-15(18)20/h5-9H,4H2,1-3H3,(H,17,20). The highest BCUT2D eigenvalue weighted by atomic mass is 35.5. The van der Waals surface area contributed by atoms with Gasteiger partial charge in [0.15, 0.2) is 0 Å². The van der Waals surface area contributed by atoms with Gasteiger partial charge in [-0.3, -0.25) is 9.78 Å². The van der Waals surface area contributed by atoms with Crippen LogP contribution in [-0.4, -0.2) is 15.7 Å². The molecule has 0 amide bonds. The first kappa shape index (κ1) is 15.4. The maximum atomic E-state index is 12.2. The molecule has 1 N–H and O–H groups in total. The van der Waals surface area contributed by atoms with Crippen LogP contribution in [0.1, 0.15) is 25.8 Å². The van der Waals surface area contributed by atoms with Crippen LogP contribution in [-0.2, 0) is 0 Å². The molecule has 0 aliphatic heterocycles. The SMILES string of the molecule is CCC(C)Oc1cccc(-n2c(=O)[nH]c(Cl)c(C)c2=O)c1. The summed E-state index contributed by atoms with van der Waals surface area (Å²) in [7, 11) is 0. The minimum Gasteiger partial charge on any atom is -0.491 e. The first-order chi connectivity index (χ1) is 9.93. The highest BCUT2D eigenvalue weighted by Gasteiger charge is 2.11. The van der Waals surface area contributed by atoms with E-state index in [9.17, 15) is 9.59 Å². The molecule has 2 rings (SSSR count). The molecule has 5 nitrogen and oxygen atoms in total. The second-order valence-corrected chi connectivity index (χ2v) is 5.22. The molecule has 2 aromatic rings. The largest absolute Gasteiger partial charge is 0.491 e. The Morgan fingerprint density at radius 1 is 1.38 bits per heavy atom. The molecule has 0 fully saturated rings. The van der Waals surface area contributed by atoms with Crippen molar-refractivity contribution in [3.63, 3.8) is 0 Å². The predicted molar refractivity (Wildman–Crippen MR) is 82.8 cm³/mol. The molecule has 21 heavy (non-hydrogen) atoms. The number of rotatable bonds is 4. The lowest BCUT2D eigenvalue weighted by molar-refractivity contribution is 0.217. The number of benzene rings is 1. The Morgan fingerprint density at radius 3 is 2.76 bits per heavy atom. The molecule has 1 atom stereocenters. The average molecular weight is 309 g/mol. The summed E-state index contributed by atoms with van der Waals surface area (Å²) in [6, 6.07) is 6.87. The first-order valence-electron chi connectivity index (χ1n) is 6.72. The van der Waals surface area contributed by atoms with E-state index in [0.29, 0.717) is 17.0 Å². The van der Waals surface area contributed by atoms with Crippen molar-refractivity contribution in [2.45, 2.75) is 33.3 Å². The Labute approximate surface area is 127 Å². The van der Waals surface area contributed by atoms with Crippen molar-refractivity contribution in [2.24, 2.45) is 0 Å². The van der Waals surface area contributed by atoms with Crippen LogP contribution in [0.25, 0.3) is 5.69 Å². The van der Waals surface area contributed by atoms with E-state index < -0.39 is 11.2 Å². The van der Waals surface area contributed by atoms with Crippen LogP contribution < -0.4 is 16.0 Å². The minimum atomic E-state index is -0.573. The van der Waals surface area contributed by atoms with Crippen molar-refractivity contribution in [3.8, 4) is 11.4 Å². The molecule has 0 bridgehead atoms. The summed E-state index contributed by atoms with van der Waals surface area (Å²) < 4.78 is 6.75. The lowest BCUT2D eigenvalue weighted by atomic mass is 10.2. The minimum absolute atomic E-state index is 0.0576. The third-order valence-corrected chi connectivity index (χ3v) is 3.64. The van der Waals surface area contributed by atoms with Crippen molar-refractivity contribution in [1.29, 1.82) is 0 Å². The van der Waals surface area contributed by atoms with Gasteiger partial charge in [0.05, 0.1) is 17.4 Å². The van der Waals surface area contributed by atoms with Crippen LogP contribution in [0.3, 0.4) is 0 Å². The fourth-order valence-corrected chi connectivity index (χ4v) is 2.01. The number of halogens is 1. The molecule has 1 unspecified atom stereocenters. The Hall–Kier alpha value is -2.01. The van der Waals surface area contributed by atoms with E-state index in [4.69, 9.17) is 16.3 Å². The van der Waals surface area contributed by atoms with Gasteiger partial charge in [0, 0.05) is 6.07 Å². The number of aromatic amines is 1. The molecule has 1 aromatic carbocycles. The zero-order valence-corrected chi connectivity index (χ0v) is 12.9. The lowest BCUT2D eigenvalue weighted by Gasteiger charge is -2.14. The van der Waals surface area contributed by atoms with E-state index in [1.54, 1.807) is 31.2 Å². The van der Waals surface area contributed by atoms with Gasteiger partial charge in [-0.05, 0) is 32.4 Å². The molecular weight excluding hydrogens is 292 g/mol. The Kier molecular flexibility index (Phi) is 4.53. The molecule has 1 aromatic heterocycles. The van der Waals surface area contributed by atoms with Gasteiger partial charge in [-0.2, -0.15) is 0 Å². The summed E-state index contributed by atoms with van der Waals surface area (Å²) in [6.45, 7) is 5.54. The van der Waals surface area contributed by atoms with Gasteiger partial charge in [0.1, 0.15) is 10.9 Å². The molecular formula is C15H17ClN2O3. The van der Waals surface area contributed by atoms with E-state index >= 15 is 0 Å². The van der Waals surface area contributed by atoms with Crippen molar-refractivity contribution in [3.05, 3.63) is 55.8 Å². The molecule has 1 heterocycles. The van der Waals surface area contributed by atoms with Gasteiger partial charge in [-0.25, -0.2) is 9.36 Å².